The van der Waals surface area contributed by atoms with Crippen molar-refractivity contribution in [3.63, 3.8) is 0 Å². The number of fused-ring (bicyclic) bond motifs is 1. The van der Waals surface area contributed by atoms with Gasteiger partial charge in [0.05, 0.1) is 24.2 Å². The van der Waals surface area contributed by atoms with Crippen LogP contribution < -0.4 is 4.74 Å². The molecule has 1 aromatic heterocycles. The first-order valence-corrected chi connectivity index (χ1v) is 7.53. The number of hydrogen-bond acceptors (Lipinski definition) is 4. The highest BCUT2D eigenvalue weighted by molar-refractivity contribution is 7.99. The van der Waals surface area contributed by atoms with Crippen LogP contribution in [0.2, 0.25) is 0 Å². The number of aliphatic hydroxyl groups excluding tert-OH is 1. The Hall–Kier alpha value is -1.20. The number of methoxy groups -OCH3 is 1. The molecule has 5 heteroatoms. The standard InChI is InChI=1S/C14H18N2O2S/c1-18-9-6-7-10-11(8-9)16-14(15-10)19-13-5-3-2-4-12(13)17/h6-8,12-13,17H,2-5H2,1H3,(H,15,16)/t12-,13-/m0/s1. The lowest BCUT2D eigenvalue weighted by Gasteiger charge is -2.25. The lowest BCUT2D eigenvalue weighted by atomic mass is 9.97. The van der Waals surface area contributed by atoms with E-state index in [1.807, 2.05) is 18.2 Å². The van der Waals surface area contributed by atoms with Gasteiger partial charge in [-0.15, -0.1) is 0 Å². The zero-order chi connectivity index (χ0) is 13.2. The summed E-state index contributed by atoms with van der Waals surface area (Å²) in [6, 6.07) is 5.81. The highest BCUT2D eigenvalue weighted by atomic mass is 32.2. The summed E-state index contributed by atoms with van der Waals surface area (Å²) in [6.07, 6.45) is 4.09. The normalized spacial score (nSPS) is 23.7. The van der Waals surface area contributed by atoms with Crippen LogP contribution in [0.5, 0.6) is 5.75 Å². The van der Waals surface area contributed by atoms with Crippen LogP contribution in [0.1, 0.15) is 25.7 Å². The number of benzene rings is 1. The molecular weight excluding hydrogens is 260 g/mol. The van der Waals surface area contributed by atoms with Crippen LogP contribution in [0.3, 0.4) is 0 Å². The average molecular weight is 278 g/mol. The molecule has 0 saturated heterocycles. The largest absolute Gasteiger partial charge is 0.497 e. The predicted molar refractivity (Wildman–Crippen MR) is 76.8 cm³/mol. The minimum atomic E-state index is -0.207. The molecule has 2 atom stereocenters. The quantitative estimate of drug-likeness (QED) is 0.906. The van der Waals surface area contributed by atoms with E-state index < -0.39 is 0 Å². The molecule has 1 heterocycles. The van der Waals surface area contributed by atoms with E-state index in [4.69, 9.17) is 4.74 Å². The van der Waals surface area contributed by atoms with Crippen molar-refractivity contribution in [3.05, 3.63) is 18.2 Å². The average Bonchev–Trinajstić information content (AvgIpc) is 2.82. The predicted octanol–water partition coefficient (Wildman–Crippen LogP) is 2.97. The molecule has 0 amide bonds. The van der Waals surface area contributed by atoms with Crippen molar-refractivity contribution >= 4 is 22.8 Å². The topological polar surface area (TPSA) is 58.1 Å². The molecule has 0 bridgehead atoms. The van der Waals surface area contributed by atoms with Crippen LogP contribution in [-0.4, -0.2) is 33.5 Å². The number of nitrogens with one attached hydrogen (secondary N) is 1. The van der Waals surface area contributed by atoms with Crippen molar-refractivity contribution in [1.82, 2.24) is 9.97 Å². The first-order valence-electron chi connectivity index (χ1n) is 6.65. The molecule has 2 N–H and O–H groups in total. The summed E-state index contributed by atoms with van der Waals surface area (Å²) in [4.78, 5) is 7.86. The molecule has 0 aliphatic heterocycles. The number of hydrogen-bond donors (Lipinski definition) is 2. The summed E-state index contributed by atoms with van der Waals surface area (Å²) >= 11 is 1.65. The lowest BCUT2D eigenvalue weighted by Crippen LogP contribution is -2.26. The number of aliphatic hydroxyl groups is 1. The summed E-state index contributed by atoms with van der Waals surface area (Å²) in [7, 11) is 1.66. The van der Waals surface area contributed by atoms with Crippen LogP contribution >= 0.6 is 11.8 Å². The Labute approximate surface area is 116 Å². The molecule has 3 rings (SSSR count). The van der Waals surface area contributed by atoms with Crippen molar-refractivity contribution in [2.45, 2.75) is 42.2 Å². The minimum absolute atomic E-state index is 0.207. The fraction of sp³-hybridized carbons (Fsp3) is 0.500. The Morgan fingerprint density at radius 3 is 3.00 bits per heavy atom. The van der Waals surface area contributed by atoms with E-state index >= 15 is 0 Å². The SMILES string of the molecule is COc1ccc2nc(S[C@H]3CCCC[C@@H]3O)[nH]c2c1. The Kier molecular flexibility index (Phi) is 3.66. The Balaban J connectivity index is 1.81. The third-order valence-electron chi connectivity index (χ3n) is 3.60. The Bertz CT molecular complexity index is 570. The molecule has 4 nitrogen and oxygen atoms in total. The van der Waals surface area contributed by atoms with Gasteiger partial charge < -0.3 is 14.8 Å². The fourth-order valence-corrected chi connectivity index (χ4v) is 3.69. The van der Waals surface area contributed by atoms with Gasteiger partial charge in [0, 0.05) is 11.3 Å². The van der Waals surface area contributed by atoms with Crippen molar-refractivity contribution in [3.8, 4) is 5.75 Å². The van der Waals surface area contributed by atoms with Crippen LogP contribution in [0, 0.1) is 0 Å². The number of aromatic nitrogens is 2. The van der Waals surface area contributed by atoms with E-state index in [9.17, 15) is 5.11 Å². The van der Waals surface area contributed by atoms with Gasteiger partial charge in [0.1, 0.15) is 5.75 Å². The van der Waals surface area contributed by atoms with Crippen LogP contribution in [-0.2, 0) is 0 Å². The Morgan fingerprint density at radius 2 is 2.21 bits per heavy atom. The number of imidazole rings is 1. The van der Waals surface area contributed by atoms with E-state index in [1.54, 1.807) is 18.9 Å². The van der Waals surface area contributed by atoms with E-state index in [0.29, 0.717) is 0 Å². The van der Waals surface area contributed by atoms with E-state index in [1.165, 1.54) is 6.42 Å². The molecule has 102 valence electrons. The maximum Gasteiger partial charge on any atom is 0.166 e. The molecule has 0 spiro atoms. The number of thioether (sulfide) groups is 1. The molecule has 2 aromatic rings. The van der Waals surface area contributed by atoms with Crippen molar-refractivity contribution in [1.29, 1.82) is 0 Å². The van der Waals surface area contributed by atoms with Crippen LogP contribution in [0.4, 0.5) is 0 Å². The molecule has 0 unspecified atom stereocenters. The first kappa shape index (κ1) is 12.8. The summed E-state index contributed by atoms with van der Waals surface area (Å²) in [6.45, 7) is 0. The number of ether oxygens (including phenoxy) is 1. The van der Waals surface area contributed by atoms with Gasteiger partial charge in [0.15, 0.2) is 5.16 Å². The smallest absolute Gasteiger partial charge is 0.166 e. The Morgan fingerprint density at radius 1 is 1.37 bits per heavy atom. The molecule has 1 aromatic carbocycles. The van der Waals surface area contributed by atoms with Crippen molar-refractivity contribution < 1.29 is 9.84 Å². The molecule has 0 radical (unpaired) electrons. The molecule has 1 fully saturated rings. The second kappa shape index (κ2) is 5.43. The van der Waals surface area contributed by atoms with Gasteiger partial charge in [-0.1, -0.05) is 24.6 Å². The second-order valence-electron chi connectivity index (χ2n) is 4.93. The molecule has 1 aliphatic rings. The van der Waals surface area contributed by atoms with Crippen molar-refractivity contribution in [2.24, 2.45) is 0 Å². The van der Waals surface area contributed by atoms with Gasteiger partial charge in [-0.2, -0.15) is 0 Å². The van der Waals surface area contributed by atoms with E-state index in [-0.39, 0.29) is 11.4 Å². The summed E-state index contributed by atoms with van der Waals surface area (Å²) < 4.78 is 5.20. The molecule has 1 saturated carbocycles. The molecule has 19 heavy (non-hydrogen) atoms. The maximum atomic E-state index is 10.0. The van der Waals surface area contributed by atoms with E-state index in [0.717, 1.165) is 41.2 Å². The zero-order valence-corrected chi connectivity index (χ0v) is 11.7. The lowest BCUT2D eigenvalue weighted by molar-refractivity contribution is 0.137. The minimum Gasteiger partial charge on any atom is -0.497 e. The zero-order valence-electron chi connectivity index (χ0n) is 10.9. The summed E-state index contributed by atoms with van der Waals surface area (Å²) in [5.41, 5.74) is 1.92. The summed E-state index contributed by atoms with van der Waals surface area (Å²) in [5.74, 6) is 0.824. The van der Waals surface area contributed by atoms with Crippen LogP contribution in [0.25, 0.3) is 11.0 Å². The number of H-pyrrole nitrogens is 1. The van der Waals surface area contributed by atoms with Gasteiger partial charge in [-0.3, -0.25) is 0 Å². The van der Waals surface area contributed by atoms with Crippen LogP contribution in [0.15, 0.2) is 23.4 Å². The van der Waals surface area contributed by atoms with Gasteiger partial charge >= 0.3 is 0 Å². The highest BCUT2D eigenvalue weighted by Crippen LogP contribution is 2.33. The van der Waals surface area contributed by atoms with Crippen molar-refractivity contribution in [2.75, 3.05) is 7.11 Å². The highest BCUT2D eigenvalue weighted by Gasteiger charge is 2.25. The van der Waals surface area contributed by atoms with Gasteiger partial charge in [-0.05, 0) is 25.0 Å². The summed E-state index contributed by atoms with van der Waals surface area (Å²) in [5, 5.41) is 11.1. The van der Waals surface area contributed by atoms with Gasteiger partial charge in [0.25, 0.3) is 0 Å². The first-order chi connectivity index (χ1) is 9.26. The number of rotatable bonds is 3. The third kappa shape index (κ3) is 2.72. The molecular formula is C14H18N2O2S. The molecule has 1 aliphatic carbocycles. The number of aromatic amines is 1. The second-order valence-corrected chi connectivity index (χ2v) is 6.16. The number of nitrogens with zero attached hydrogens (tertiary/aromatic N) is 1. The monoisotopic (exact) mass is 278 g/mol. The van der Waals surface area contributed by atoms with Gasteiger partial charge in [0.2, 0.25) is 0 Å². The van der Waals surface area contributed by atoms with E-state index in [2.05, 4.69) is 9.97 Å². The maximum absolute atomic E-state index is 10.0. The van der Waals surface area contributed by atoms with Gasteiger partial charge in [-0.25, -0.2) is 4.98 Å². The fourth-order valence-electron chi connectivity index (χ4n) is 2.51. The third-order valence-corrected chi connectivity index (χ3v) is 4.87.